The van der Waals surface area contributed by atoms with E-state index in [4.69, 9.17) is 18.9 Å². The van der Waals surface area contributed by atoms with Crippen molar-refractivity contribution >= 4 is 0 Å². The molecule has 0 unspecified atom stereocenters. The Labute approximate surface area is 88.7 Å². The molecule has 0 radical (unpaired) electrons. The second kappa shape index (κ2) is 5.74. The van der Waals surface area contributed by atoms with E-state index in [1.807, 2.05) is 0 Å². The minimum absolute atomic E-state index is 0.239. The number of hydrogen-bond donors (Lipinski definition) is 2. The molecule has 1 rings (SSSR count). The Kier molecular flexibility index (Phi) is 4.91. The van der Waals surface area contributed by atoms with Crippen molar-refractivity contribution in [1.29, 1.82) is 0 Å². The molecule has 6 nitrogen and oxygen atoms in total. The van der Waals surface area contributed by atoms with E-state index >= 15 is 0 Å². The number of ether oxygens (including phenoxy) is 4. The van der Waals surface area contributed by atoms with E-state index in [2.05, 4.69) is 0 Å². The summed E-state index contributed by atoms with van der Waals surface area (Å²) in [7, 11) is 4.37. The van der Waals surface area contributed by atoms with Gasteiger partial charge in [0.1, 0.15) is 24.4 Å². The van der Waals surface area contributed by atoms with Crippen LogP contribution >= 0.6 is 0 Å². The van der Waals surface area contributed by atoms with Gasteiger partial charge in [-0.25, -0.2) is 0 Å². The van der Waals surface area contributed by atoms with Gasteiger partial charge in [-0.2, -0.15) is 0 Å². The third kappa shape index (κ3) is 2.66. The highest BCUT2D eigenvalue weighted by Gasteiger charge is 2.45. The van der Waals surface area contributed by atoms with Crippen molar-refractivity contribution in [1.82, 2.24) is 0 Å². The molecule has 0 saturated carbocycles. The maximum atomic E-state index is 9.85. The number of methoxy groups -OCH3 is 3. The Balaban J connectivity index is 2.70. The van der Waals surface area contributed by atoms with Crippen LogP contribution in [0, 0.1) is 0 Å². The van der Waals surface area contributed by atoms with Gasteiger partial charge < -0.3 is 29.2 Å². The van der Waals surface area contributed by atoms with Crippen LogP contribution in [-0.2, 0) is 18.9 Å². The Hall–Kier alpha value is -0.240. The standard InChI is InChI=1S/C9H18O6/c1-12-4-5-7(13-2)6(10)8(14-3)9(11)15-5/h5-11H,4H2,1-3H3/t5-,6-,7+,8-,9+/m0/s1. The number of rotatable bonds is 4. The van der Waals surface area contributed by atoms with Crippen LogP contribution in [-0.4, -0.2) is 68.9 Å². The van der Waals surface area contributed by atoms with E-state index in [1.165, 1.54) is 21.3 Å². The first-order valence-electron chi connectivity index (χ1n) is 4.71. The van der Waals surface area contributed by atoms with Gasteiger partial charge in [-0.1, -0.05) is 0 Å². The minimum Gasteiger partial charge on any atom is -0.387 e. The van der Waals surface area contributed by atoms with Gasteiger partial charge in [-0.15, -0.1) is 0 Å². The molecule has 1 aliphatic heterocycles. The van der Waals surface area contributed by atoms with Crippen molar-refractivity contribution < 1.29 is 29.2 Å². The van der Waals surface area contributed by atoms with Gasteiger partial charge >= 0.3 is 0 Å². The van der Waals surface area contributed by atoms with Crippen molar-refractivity contribution in [2.45, 2.75) is 30.7 Å². The summed E-state index contributed by atoms with van der Waals surface area (Å²) in [6.45, 7) is 0.239. The van der Waals surface area contributed by atoms with E-state index in [-0.39, 0.29) is 6.61 Å². The Bertz CT molecular complexity index is 185. The molecule has 0 amide bonds. The van der Waals surface area contributed by atoms with Gasteiger partial charge in [0.05, 0.1) is 6.61 Å². The highest BCUT2D eigenvalue weighted by atomic mass is 16.7. The summed E-state index contributed by atoms with van der Waals surface area (Å²) in [5.74, 6) is 0. The quantitative estimate of drug-likeness (QED) is 0.618. The molecule has 0 aromatic carbocycles. The Morgan fingerprint density at radius 2 is 1.67 bits per heavy atom. The minimum atomic E-state index is -1.17. The van der Waals surface area contributed by atoms with Gasteiger partial charge in [-0.05, 0) is 0 Å². The molecule has 0 spiro atoms. The first-order chi connectivity index (χ1) is 7.15. The summed E-state index contributed by atoms with van der Waals surface area (Å²) in [5, 5.41) is 19.4. The average Bonchev–Trinajstić information content (AvgIpc) is 2.19. The topological polar surface area (TPSA) is 77.4 Å². The lowest BCUT2D eigenvalue weighted by molar-refractivity contribution is -0.296. The molecule has 1 aliphatic rings. The predicted molar refractivity (Wildman–Crippen MR) is 50.4 cm³/mol. The smallest absolute Gasteiger partial charge is 0.184 e. The Morgan fingerprint density at radius 3 is 2.13 bits per heavy atom. The van der Waals surface area contributed by atoms with Crippen molar-refractivity contribution in [3.63, 3.8) is 0 Å². The highest BCUT2D eigenvalue weighted by Crippen LogP contribution is 2.23. The van der Waals surface area contributed by atoms with Crippen LogP contribution in [0.1, 0.15) is 0 Å². The van der Waals surface area contributed by atoms with E-state index in [1.54, 1.807) is 0 Å². The van der Waals surface area contributed by atoms with Crippen LogP contribution in [0.2, 0.25) is 0 Å². The Morgan fingerprint density at radius 1 is 1.07 bits per heavy atom. The fraction of sp³-hybridized carbons (Fsp3) is 1.00. The largest absolute Gasteiger partial charge is 0.387 e. The van der Waals surface area contributed by atoms with E-state index < -0.39 is 30.7 Å². The maximum absolute atomic E-state index is 9.85. The number of hydrogen-bond acceptors (Lipinski definition) is 6. The maximum Gasteiger partial charge on any atom is 0.184 e. The zero-order chi connectivity index (χ0) is 11.4. The highest BCUT2D eigenvalue weighted by molar-refractivity contribution is 4.90. The van der Waals surface area contributed by atoms with Gasteiger partial charge in [0, 0.05) is 21.3 Å². The summed E-state index contributed by atoms with van der Waals surface area (Å²) < 4.78 is 20.2. The molecule has 0 bridgehead atoms. The summed E-state index contributed by atoms with van der Waals surface area (Å²) in [4.78, 5) is 0. The fourth-order valence-corrected chi connectivity index (χ4v) is 1.75. The molecule has 5 atom stereocenters. The van der Waals surface area contributed by atoms with Crippen molar-refractivity contribution in [2.24, 2.45) is 0 Å². The molecule has 1 fully saturated rings. The van der Waals surface area contributed by atoms with Crippen LogP contribution in [0.4, 0.5) is 0 Å². The fourth-order valence-electron chi connectivity index (χ4n) is 1.75. The molecule has 6 heteroatoms. The lowest BCUT2D eigenvalue weighted by Gasteiger charge is -2.41. The first kappa shape index (κ1) is 12.8. The van der Waals surface area contributed by atoms with Gasteiger partial charge in [0.2, 0.25) is 0 Å². The van der Waals surface area contributed by atoms with Crippen LogP contribution in [0.25, 0.3) is 0 Å². The molecule has 0 aromatic rings. The number of aliphatic hydroxyl groups is 2. The predicted octanol–water partition coefficient (Wildman–Crippen LogP) is -1.26. The molecule has 2 N–H and O–H groups in total. The average molecular weight is 222 g/mol. The van der Waals surface area contributed by atoms with Crippen molar-refractivity contribution in [3.8, 4) is 0 Å². The molecule has 90 valence electrons. The lowest BCUT2D eigenvalue weighted by atomic mass is 9.99. The second-order valence-corrected chi connectivity index (χ2v) is 3.41. The SMILES string of the molecule is COC[C@@H]1O[C@@H](O)[C@@H](OC)[C@@H](O)[C@@H]1OC. The van der Waals surface area contributed by atoms with E-state index in [9.17, 15) is 10.2 Å². The van der Waals surface area contributed by atoms with Crippen molar-refractivity contribution in [2.75, 3.05) is 27.9 Å². The second-order valence-electron chi connectivity index (χ2n) is 3.41. The van der Waals surface area contributed by atoms with Crippen LogP contribution in [0.3, 0.4) is 0 Å². The van der Waals surface area contributed by atoms with Crippen LogP contribution in [0.15, 0.2) is 0 Å². The van der Waals surface area contributed by atoms with E-state index in [0.29, 0.717) is 0 Å². The first-order valence-corrected chi connectivity index (χ1v) is 4.71. The molecular weight excluding hydrogens is 204 g/mol. The molecule has 0 aromatic heterocycles. The third-order valence-corrected chi connectivity index (χ3v) is 2.51. The monoisotopic (exact) mass is 222 g/mol. The summed E-state index contributed by atoms with van der Waals surface area (Å²) in [6, 6.07) is 0. The summed E-state index contributed by atoms with van der Waals surface area (Å²) in [6.07, 6.45) is -3.99. The third-order valence-electron chi connectivity index (χ3n) is 2.51. The van der Waals surface area contributed by atoms with E-state index in [0.717, 1.165) is 0 Å². The van der Waals surface area contributed by atoms with Crippen LogP contribution < -0.4 is 0 Å². The number of aliphatic hydroxyl groups excluding tert-OH is 2. The van der Waals surface area contributed by atoms with Gasteiger partial charge in [0.25, 0.3) is 0 Å². The van der Waals surface area contributed by atoms with Crippen molar-refractivity contribution in [3.05, 3.63) is 0 Å². The van der Waals surface area contributed by atoms with Gasteiger partial charge in [0.15, 0.2) is 6.29 Å². The van der Waals surface area contributed by atoms with Gasteiger partial charge in [-0.3, -0.25) is 0 Å². The molecule has 0 aliphatic carbocycles. The molecular formula is C9H18O6. The molecule has 15 heavy (non-hydrogen) atoms. The normalized spacial score (nSPS) is 41.8. The zero-order valence-electron chi connectivity index (χ0n) is 9.12. The van der Waals surface area contributed by atoms with Crippen LogP contribution in [0.5, 0.6) is 0 Å². The zero-order valence-corrected chi connectivity index (χ0v) is 9.12. The molecule has 1 saturated heterocycles. The summed E-state index contributed by atoms with van der Waals surface area (Å²) >= 11 is 0. The molecule has 1 heterocycles. The lowest BCUT2D eigenvalue weighted by Crippen LogP contribution is -2.59. The summed E-state index contributed by atoms with van der Waals surface area (Å²) in [5.41, 5.74) is 0.